The van der Waals surface area contributed by atoms with E-state index in [-0.39, 0.29) is 24.0 Å². The van der Waals surface area contributed by atoms with E-state index in [0.29, 0.717) is 24.2 Å². The Morgan fingerprint density at radius 3 is 2.70 bits per heavy atom. The Morgan fingerprint density at radius 1 is 1.26 bits per heavy atom. The van der Waals surface area contributed by atoms with Crippen LogP contribution in [-0.2, 0) is 4.74 Å². The maximum absolute atomic E-state index is 14.2. The molecule has 27 heavy (non-hydrogen) atoms. The van der Waals surface area contributed by atoms with Crippen molar-refractivity contribution in [2.24, 2.45) is 11.8 Å². The van der Waals surface area contributed by atoms with Gasteiger partial charge >= 0.3 is 0 Å². The number of benzene rings is 1. The smallest absolute Gasteiger partial charge is 0.152 e. The molecular weight excluding hydrogens is 352 g/mol. The molecular formula is C20H27F2N3O2. The molecule has 0 aliphatic carbocycles. The summed E-state index contributed by atoms with van der Waals surface area (Å²) in [5.41, 5.74) is 1.65. The van der Waals surface area contributed by atoms with Gasteiger partial charge in [-0.3, -0.25) is 0 Å². The van der Waals surface area contributed by atoms with E-state index in [2.05, 4.69) is 14.8 Å². The summed E-state index contributed by atoms with van der Waals surface area (Å²) in [7, 11) is 3.71. The van der Waals surface area contributed by atoms with Gasteiger partial charge in [-0.15, -0.1) is 0 Å². The van der Waals surface area contributed by atoms with E-state index in [0.717, 1.165) is 31.4 Å². The first kappa shape index (κ1) is 19.9. The number of aliphatic hydroxyl groups excluding tert-OH is 1. The van der Waals surface area contributed by atoms with Crippen LogP contribution >= 0.6 is 0 Å². The van der Waals surface area contributed by atoms with Gasteiger partial charge in [0.15, 0.2) is 5.82 Å². The fourth-order valence-corrected chi connectivity index (χ4v) is 3.91. The van der Waals surface area contributed by atoms with Gasteiger partial charge in [0, 0.05) is 68.6 Å². The van der Waals surface area contributed by atoms with Crippen LogP contribution in [0.3, 0.4) is 0 Å². The maximum atomic E-state index is 14.2. The first-order valence-electron chi connectivity index (χ1n) is 9.22. The first-order valence-corrected chi connectivity index (χ1v) is 9.22. The van der Waals surface area contributed by atoms with Gasteiger partial charge in [-0.25, -0.2) is 13.8 Å². The van der Waals surface area contributed by atoms with Crippen LogP contribution in [0.25, 0.3) is 10.9 Å². The molecule has 0 amide bonds. The maximum Gasteiger partial charge on any atom is 0.152 e. The number of likely N-dealkylation sites (N-methyl/N-ethyl adjacent to an activating group) is 1. The van der Waals surface area contributed by atoms with Crippen LogP contribution in [0.2, 0.25) is 0 Å². The summed E-state index contributed by atoms with van der Waals surface area (Å²) < 4.78 is 33.2. The number of rotatable bonds is 7. The number of nitrogens with zero attached hydrogens (tertiary/aromatic N) is 3. The van der Waals surface area contributed by atoms with Crippen LogP contribution in [0.4, 0.5) is 14.5 Å². The summed E-state index contributed by atoms with van der Waals surface area (Å²) in [6.45, 7) is 5.57. The van der Waals surface area contributed by atoms with Crippen LogP contribution in [0.5, 0.6) is 0 Å². The number of hydrogen-bond acceptors (Lipinski definition) is 5. The van der Waals surface area contributed by atoms with Crippen LogP contribution in [0.15, 0.2) is 18.2 Å². The molecule has 7 heteroatoms. The Labute approximate surface area is 158 Å². The minimum Gasteiger partial charge on any atom is -0.396 e. The third-order valence-corrected chi connectivity index (χ3v) is 5.31. The molecule has 1 saturated heterocycles. The van der Waals surface area contributed by atoms with Crippen molar-refractivity contribution in [2.75, 3.05) is 58.5 Å². The second-order valence-electron chi connectivity index (χ2n) is 7.43. The summed E-state index contributed by atoms with van der Waals surface area (Å²) in [5, 5.41) is 10.3. The number of anilines is 1. The van der Waals surface area contributed by atoms with Gasteiger partial charge in [-0.2, -0.15) is 0 Å². The van der Waals surface area contributed by atoms with Gasteiger partial charge in [-0.1, -0.05) is 0 Å². The number of aromatic nitrogens is 1. The Kier molecular flexibility index (Phi) is 6.24. The number of ether oxygens (including phenoxy) is 1. The summed E-state index contributed by atoms with van der Waals surface area (Å²) >= 11 is 0. The second kappa shape index (κ2) is 8.46. The Bertz CT molecular complexity index is 802. The number of hydrogen-bond donors (Lipinski definition) is 1. The van der Waals surface area contributed by atoms with Gasteiger partial charge in [0.1, 0.15) is 11.3 Å². The van der Waals surface area contributed by atoms with Crippen LogP contribution < -0.4 is 4.90 Å². The van der Waals surface area contributed by atoms with Gasteiger partial charge < -0.3 is 19.6 Å². The molecule has 148 valence electrons. The average Bonchev–Trinajstić information content (AvgIpc) is 3.02. The third-order valence-electron chi connectivity index (χ3n) is 5.31. The molecule has 0 saturated carbocycles. The van der Waals surface area contributed by atoms with E-state index >= 15 is 0 Å². The number of pyridine rings is 1. The molecule has 1 aliphatic heterocycles. The van der Waals surface area contributed by atoms with Gasteiger partial charge in [0.2, 0.25) is 0 Å². The fraction of sp³-hybridized carbons (Fsp3) is 0.550. The van der Waals surface area contributed by atoms with E-state index in [1.165, 1.54) is 6.07 Å². The van der Waals surface area contributed by atoms with Gasteiger partial charge in [0.25, 0.3) is 0 Å². The Morgan fingerprint density at radius 2 is 2.00 bits per heavy atom. The zero-order valence-corrected chi connectivity index (χ0v) is 16.1. The number of fused-ring (bicyclic) bond motifs is 1. The molecule has 1 fully saturated rings. The van der Waals surface area contributed by atoms with Crippen molar-refractivity contribution in [1.82, 2.24) is 9.88 Å². The highest BCUT2D eigenvalue weighted by Crippen LogP contribution is 2.34. The van der Waals surface area contributed by atoms with E-state index in [1.54, 1.807) is 14.0 Å². The molecule has 2 heterocycles. The van der Waals surface area contributed by atoms with E-state index in [9.17, 15) is 13.9 Å². The van der Waals surface area contributed by atoms with Crippen molar-refractivity contribution in [3.05, 3.63) is 35.5 Å². The van der Waals surface area contributed by atoms with Crippen molar-refractivity contribution in [3.8, 4) is 0 Å². The molecule has 1 aromatic carbocycles. The third kappa shape index (κ3) is 4.36. The predicted molar refractivity (Wildman–Crippen MR) is 102 cm³/mol. The van der Waals surface area contributed by atoms with Gasteiger partial charge in [-0.05, 0) is 32.0 Å². The lowest BCUT2D eigenvalue weighted by Gasteiger charge is -2.24. The lowest BCUT2D eigenvalue weighted by molar-refractivity contribution is 0.136. The SMILES string of the molecule is COCCN(C)C[C@@H]1CN(c2cc(C)nc3c(F)cc(F)cc23)C[C@@H]1CO. The summed E-state index contributed by atoms with van der Waals surface area (Å²) in [4.78, 5) is 8.56. The highest BCUT2D eigenvalue weighted by atomic mass is 19.1. The van der Waals surface area contributed by atoms with E-state index in [1.807, 2.05) is 13.1 Å². The molecule has 1 aromatic heterocycles. The lowest BCUT2D eigenvalue weighted by atomic mass is 9.96. The molecule has 0 radical (unpaired) electrons. The number of halogens is 2. The minimum absolute atomic E-state index is 0.0873. The second-order valence-corrected chi connectivity index (χ2v) is 7.43. The first-order chi connectivity index (χ1) is 12.9. The molecule has 2 atom stereocenters. The standard InChI is InChI=1S/C20H27F2N3O2/c1-13-6-19(17-7-16(21)8-18(22)20(17)23-13)25-10-14(15(11-25)12-26)9-24(2)4-5-27-3/h6-8,14-15,26H,4-5,9-12H2,1-3H3/t14-,15-/m1/s1. The summed E-state index contributed by atoms with van der Waals surface area (Å²) in [6, 6.07) is 4.07. The van der Waals surface area contributed by atoms with Gasteiger partial charge in [0.05, 0.1) is 6.61 Å². The molecule has 5 nitrogen and oxygen atoms in total. The minimum atomic E-state index is -0.649. The van der Waals surface area contributed by atoms with Crippen LogP contribution in [0.1, 0.15) is 5.69 Å². The number of aryl methyl sites for hydroxylation is 1. The number of aliphatic hydroxyl groups is 1. The largest absolute Gasteiger partial charge is 0.396 e. The molecule has 1 aliphatic rings. The van der Waals surface area contributed by atoms with Crippen molar-refractivity contribution < 1.29 is 18.6 Å². The van der Waals surface area contributed by atoms with Crippen molar-refractivity contribution in [1.29, 1.82) is 0 Å². The molecule has 3 rings (SSSR count). The summed E-state index contributed by atoms with van der Waals surface area (Å²) in [5.74, 6) is -0.889. The lowest BCUT2D eigenvalue weighted by Crippen LogP contribution is -2.33. The van der Waals surface area contributed by atoms with Crippen molar-refractivity contribution in [3.63, 3.8) is 0 Å². The van der Waals surface area contributed by atoms with Crippen LogP contribution in [0, 0.1) is 30.4 Å². The molecule has 0 unspecified atom stereocenters. The van der Waals surface area contributed by atoms with Crippen molar-refractivity contribution in [2.45, 2.75) is 6.92 Å². The molecule has 1 N–H and O–H groups in total. The Balaban J connectivity index is 1.88. The molecule has 2 aromatic rings. The van der Waals surface area contributed by atoms with Crippen molar-refractivity contribution >= 4 is 16.6 Å². The molecule has 0 bridgehead atoms. The highest BCUT2D eigenvalue weighted by Gasteiger charge is 2.34. The zero-order chi connectivity index (χ0) is 19.6. The molecule has 0 spiro atoms. The Hall–Kier alpha value is -1.83. The predicted octanol–water partition coefficient (Wildman–Crippen LogP) is 2.44. The zero-order valence-electron chi connectivity index (χ0n) is 16.1. The summed E-state index contributed by atoms with van der Waals surface area (Å²) in [6.07, 6.45) is 0. The average molecular weight is 379 g/mol. The van der Waals surface area contributed by atoms with Crippen LogP contribution in [-0.4, -0.2) is 68.5 Å². The monoisotopic (exact) mass is 379 g/mol. The normalized spacial score (nSPS) is 20.2. The fourth-order valence-electron chi connectivity index (χ4n) is 3.91. The topological polar surface area (TPSA) is 48.8 Å². The van der Waals surface area contributed by atoms with E-state index in [4.69, 9.17) is 4.74 Å². The van der Waals surface area contributed by atoms with E-state index < -0.39 is 11.6 Å². The quantitative estimate of drug-likeness (QED) is 0.801. The highest BCUT2D eigenvalue weighted by molar-refractivity contribution is 5.92. The number of methoxy groups -OCH3 is 1.